The Labute approximate surface area is 152 Å². The number of likely N-dealkylation sites (tertiary alicyclic amines) is 1. The second-order valence-corrected chi connectivity index (χ2v) is 6.81. The number of hydrogen-bond donors (Lipinski definition) is 1. The van der Waals surface area contributed by atoms with Gasteiger partial charge >= 0.3 is 0 Å². The zero-order valence-electron chi connectivity index (χ0n) is 15.0. The Balaban J connectivity index is 1.57. The largest absolute Gasteiger partial charge is 0.308 e. The monoisotopic (exact) mass is 350 g/mol. The summed E-state index contributed by atoms with van der Waals surface area (Å²) in [4.78, 5) is 14.7. The SMILES string of the molecule is CC(C(=O)Nc1cc2cc(-c3cnn(C)c3)ccc2nn1)N1CCCC1. The molecule has 7 nitrogen and oxygen atoms in total. The lowest BCUT2D eigenvalue weighted by Gasteiger charge is -2.22. The second-order valence-electron chi connectivity index (χ2n) is 6.81. The first kappa shape index (κ1) is 16.7. The quantitative estimate of drug-likeness (QED) is 0.782. The van der Waals surface area contributed by atoms with Gasteiger partial charge in [-0.3, -0.25) is 14.4 Å². The van der Waals surface area contributed by atoms with Gasteiger partial charge in [-0.05, 0) is 56.6 Å². The summed E-state index contributed by atoms with van der Waals surface area (Å²) < 4.78 is 1.77. The molecule has 1 fully saturated rings. The van der Waals surface area contributed by atoms with Gasteiger partial charge in [-0.15, -0.1) is 10.2 Å². The number of anilines is 1. The minimum Gasteiger partial charge on any atom is -0.308 e. The smallest absolute Gasteiger partial charge is 0.242 e. The Kier molecular flexibility index (Phi) is 4.38. The van der Waals surface area contributed by atoms with E-state index in [1.807, 2.05) is 50.6 Å². The normalized spacial score (nSPS) is 16.1. The van der Waals surface area contributed by atoms with Crippen LogP contribution in [0, 0.1) is 0 Å². The van der Waals surface area contributed by atoms with Gasteiger partial charge in [0.25, 0.3) is 0 Å². The predicted octanol–water partition coefficient (Wildman–Crippen LogP) is 2.45. The van der Waals surface area contributed by atoms with Crippen LogP contribution in [0.3, 0.4) is 0 Å². The number of nitrogens with one attached hydrogen (secondary N) is 1. The molecule has 0 aliphatic carbocycles. The number of carbonyl (C=O) groups excluding carboxylic acids is 1. The molecule has 1 atom stereocenters. The number of carbonyl (C=O) groups is 1. The highest BCUT2D eigenvalue weighted by Gasteiger charge is 2.24. The van der Waals surface area contributed by atoms with Crippen LogP contribution in [-0.4, -0.2) is 49.9 Å². The van der Waals surface area contributed by atoms with Crippen LogP contribution < -0.4 is 5.32 Å². The fourth-order valence-corrected chi connectivity index (χ4v) is 3.38. The van der Waals surface area contributed by atoms with Crippen molar-refractivity contribution in [3.05, 3.63) is 36.7 Å². The molecule has 0 bridgehead atoms. The van der Waals surface area contributed by atoms with E-state index in [2.05, 4.69) is 25.5 Å². The van der Waals surface area contributed by atoms with Crippen molar-refractivity contribution in [2.24, 2.45) is 7.05 Å². The highest BCUT2D eigenvalue weighted by atomic mass is 16.2. The standard InChI is InChI=1S/C19H22N6O/c1-13(25-7-3-4-8-25)19(26)21-18-10-15-9-14(5-6-17(15)22-23-18)16-11-20-24(2)12-16/h5-6,9-13H,3-4,7-8H2,1-2H3,(H,21,23,26). The number of nitrogens with zero attached hydrogens (tertiary/aromatic N) is 5. The van der Waals surface area contributed by atoms with Crippen LogP contribution in [0.2, 0.25) is 0 Å². The molecule has 134 valence electrons. The third-order valence-electron chi connectivity index (χ3n) is 4.94. The Bertz CT molecular complexity index is 944. The van der Waals surface area contributed by atoms with Crippen molar-refractivity contribution in [2.75, 3.05) is 18.4 Å². The maximum atomic E-state index is 12.5. The molecule has 1 aliphatic heterocycles. The Morgan fingerprint density at radius 3 is 2.69 bits per heavy atom. The molecule has 1 aliphatic rings. The van der Waals surface area contributed by atoms with Crippen LogP contribution in [0.4, 0.5) is 5.82 Å². The lowest BCUT2D eigenvalue weighted by atomic mass is 10.1. The first-order chi connectivity index (χ1) is 12.6. The summed E-state index contributed by atoms with van der Waals surface area (Å²) in [6, 6.07) is 7.69. The molecule has 26 heavy (non-hydrogen) atoms. The van der Waals surface area contributed by atoms with Crippen molar-refractivity contribution in [3.8, 4) is 11.1 Å². The number of fused-ring (bicyclic) bond motifs is 1. The van der Waals surface area contributed by atoms with Gasteiger partial charge in [0, 0.05) is 24.2 Å². The van der Waals surface area contributed by atoms with Gasteiger partial charge in [0.15, 0.2) is 5.82 Å². The molecule has 0 saturated carbocycles. The zero-order valence-corrected chi connectivity index (χ0v) is 15.0. The molecule has 4 rings (SSSR count). The van der Waals surface area contributed by atoms with E-state index < -0.39 is 0 Å². The molecule has 1 amide bonds. The fourth-order valence-electron chi connectivity index (χ4n) is 3.38. The molecule has 0 spiro atoms. The van der Waals surface area contributed by atoms with E-state index in [0.29, 0.717) is 5.82 Å². The molecular formula is C19H22N6O. The molecule has 1 aromatic carbocycles. The summed E-state index contributed by atoms with van der Waals surface area (Å²) in [5.74, 6) is 0.445. The topological polar surface area (TPSA) is 75.9 Å². The van der Waals surface area contributed by atoms with Gasteiger partial charge in [0.05, 0.1) is 17.8 Å². The number of amides is 1. The molecule has 3 aromatic rings. The molecule has 7 heteroatoms. The van der Waals surface area contributed by atoms with Gasteiger partial charge in [-0.1, -0.05) is 6.07 Å². The highest BCUT2D eigenvalue weighted by Crippen LogP contribution is 2.24. The maximum absolute atomic E-state index is 12.5. The van der Waals surface area contributed by atoms with Crippen molar-refractivity contribution in [1.82, 2.24) is 24.9 Å². The molecule has 3 heterocycles. The van der Waals surface area contributed by atoms with E-state index in [1.165, 1.54) is 0 Å². The summed E-state index contributed by atoms with van der Waals surface area (Å²) in [6.45, 7) is 3.90. The second kappa shape index (κ2) is 6.84. The fraction of sp³-hybridized carbons (Fsp3) is 0.368. The molecule has 1 saturated heterocycles. The van der Waals surface area contributed by atoms with Crippen molar-refractivity contribution in [3.63, 3.8) is 0 Å². The first-order valence-electron chi connectivity index (χ1n) is 8.91. The average Bonchev–Trinajstić information content (AvgIpc) is 3.32. The molecule has 1 N–H and O–H groups in total. The van der Waals surface area contributed by atoms with Gasteiger partial charge < -0.3 is 5.32 Å². The van der Waals surface area contributed by atoms with Crippen LogP contribution in [0.25, 0.3) is 22.0 Å². The van der Waals surface area contributed by atoms with Crippen LogP contribution in [-0.2, 0) is 11.8 Å². The molecule has 1 unspecified atom stereocenters. The van der Waals surface area contributed by atoms with Gasteiger partial charge in [-0.25, -0.2) is 0 Å². The number of hydrogen-bond acceptors (Lipinski definition) is 5. The molecular weight excluding hydrogens is 328 g/mol. The first-order valence-corrected chi connectivity index (χ1v) is 8.91. The minimum atomic E-state index is -0.156. The van der Waals surface area contributed by atoms with Crippen molar-refractivity contribution in [1.29, 1.82) is 0 Å². The minimum absolute atomic E-state index is 0.0380. The van der Waals surface area contributed by atoms with Gasteiger partial charge in [-0.2, -0.15) is 5.10 Å². The molecule has 2 aromatic heterocycles. The summed E-state index contributed by atoms with van der Waals surface area (Å²) >= 11 is 0. The third kappa shape index (κ3) is 3.30. The van der Waals surface area contributed by atoms with Crippen LogP contribution >= 0.6 is 0 Å². The summed E-state index contributed by atoms with van der Waals surface area (Å²) in [7, 11) is 1.89. The third-order valence-corrected chi connectivity index (χ3v) is 4.94. The Morgan fingerprint density at radius 1 is 1.15 bits per heavy atom. The van der Waals surface area contributed by atoms with Crippen LogP contribution in [0.5, 0.6) is 0 Å². The van der Waals surface area contributed by atoms with Gasteiger partial charge in [0.1, 0.15) is 0 Å². The predicted molar refractivity (Wildman–Crippen MR) is 101 cm³/mol. The molecule has 0 radical (unpaired) electrons. The van der Waals surface area contributed by atoms with E-state index in [1.54, 1.807) is 4.68 Å². The number of rotatable bonds is 4. The maximum Gasteiger partial charge on any atom is 0.242 e. The lowest BCUT2D eigenvalue weighted by Crippen LogP contribution is -2.40. The van der Waals surface area contributed by atoms with E-state index in [-0.39, 0.29) is 11.9 Å². The zero-order chi connectivity index (χ0) is 18.1. The Morgan fingerprint density at radius 2 is 1.96 bits per heavy atom. The summed E-state index contributed by atoms with van der Waals surface area (Å²) in [5.41, 5.74) is 2.89. The number of benzene rings is 1. The van der Waals surface area contributed by atoms with Crippen molar-refractivity contribution in [2.45, 2.75) is 25.8 Å². The average molecular weight is 350 g/mol. The van der Waals surface area contributed by atoms with Crippen LogP contribution in [0.1, 0.15) is 19.8 Å². The van der Waals surface area contributed by atoms with Crippen molar-refractivity contribution >= 4 is 22.6 Å². The summed E-state index contributed by atoms with van der Waals surface area (Å²) in [5, 5.41) is 16.4. The van der Waals surface area contributed by atoms with E-state index >= 15 is 0 Å². The number of aromatic nitrogens is 4. The van der Waals surface area contributed by atoms with E-state index in [4.69, 9.17) is 0 Å². The highest BCUT2D eigenvalue weighted by molar-refractivity contribution is 5.95. The number of aryl methyl sites for hydroxylation is 1. The summed E-state index contributed by atoms with van der Waals surface area (Å²) in [6.07, 6.45) is 6.11. The van der Waals surface area contributed by atoms with E-state index in [9.17, 15) is 4.79 Å². The Hall–Kier alpha value is -2.80. The van der Waals surface area contributed by atoms with Crippen LogP contribution in [0.15, 0.2) is 36.7 Å². The van der Waals surface area contributed by atoms with E-state index in [0.717, 1.165) is 48.0 Å². The van der Waals surface area contributed by atoms with Crippen molar-refractivity contribution < 1.29 is 4.79 Å². The lowest BCUT2D eigenvalue weighted by molar-refractivity contribution is -0.120. The van der Waals surface area contributed by atoms with Gasteiger partial charge in [0.2, 0.25) is 5.91 Å².